The first-order valence-electron chi connectivity index (χ1n) is 3.58. The van der Waals surface area contributed by atoms with E-state index in [0.717, 1.165) is 0 Å². The standard InChI is InChI=1S/C6H14N4O2/c7-4(6(9)12)3-10-2-1-5(8)11/h4,10H,1-3,7H2,(H2,8,11)(H2,9,12). The van der Waals surface area contributed by atoms with E-state index in [4.69, 9.17) is 17.2 Å². The second-order valence-electron chi connectivity index (χ2n) is 2.43. The van der Waals surface area contributed by atoms with E-state index < -0.39 is 17.9 Å². The number of rotatable bonds is 6. The van der Waals surface area contributed by atoms with Crippen LogP contribution in [0, 0.1) is 0 Å². The second-order valence-corrected chi connectivity index (χ2v) is 2.43. The van der Waals surface area contributed by atoms with Gasteiger partial charge in [-0.15, -0.1) is 0 Å². The molecule has 0 aromatic heterocycles. The average Bonchev–Trinajstić information content (AvgIpc) is 1.97. The predicted molar refractivity (Wildman–Crippen MR) is 43.9 cm³/mol. The summed E-state index contributed by atoms with van der Waals surface area (Å²) in [5.41, 5.74) is 15.0. The molecule has 1 unspecified atom stereocenters. The fourth-order valence-electron chi connectivity index (χ4n) is 0.570. The topological polar surface area (TPSA) is 124 Å². The van der Waals surface area contributed by atoms with Gasteiger partial charge < -0.3 is 22.5 Å². The molecule has 2 amide bonds. The highest BCUT2D eigenvalue weighted by Gasteiger charge is 2.07. The van der Waals surface area contributed by atoms with Crippen molar-refractivity contribution in [3.8, 4) is 0 Å². The molecule has 0 spiro atoms. The number of amides is 2. The molecule has 6 nitrogen and oxygen atoms in total. The van der Waals surface area contributed by atoms with Crippen LogP contribution in [0.4, 0.5) is 0 Å². The molecule has 0 radical (unpaired) electrons. The van der Waals surface area contributed by atoms with Crippen LogP contribution in [0.25, 0.3) is 0 Å². The summed E-state index contributed by atoms with van der Waals surface area (Å²) in [6.07, 6.45) is 0.228. The van der Waals surface area contributed by atoms with Gasteiger partial charge in [0, 0.05) is 19.5 Å². The minimum Gasteiger partial charge on any atom is -0.370 e. The van der Waals surface area contributed by atoms with E-state index in [2.05, 4.69) is 5.32 Å². The molecule has 0 aliphatic rings. The van der Waals surface area contributed by atoms with Crippen molar-refractivity contribution in [1.82, 2.24) is 5.32 Å². The Hall–Kier alpha value is -1.14. The van der Waals surface area contributed by atoms with Crippen molar-refractivity contribution >= 4 is 11.8 Å². The summed E-state index contributed by atoms with van der Waals surface area (Å²) in [6.45, 7) is 0.679. The molecule has 0 fully saturated rings. The summed E-state index contributed by atoms with van der Waals surface area (Å²) < 4.78 is 0. The normalized spacial score (nSPS) is 12.4. The zero-order valence-electron chi connectivity index (χ0n) is 6.75. The third-order valence-corrected chi connectivity index (χ3v) is 1.28. The van der Waals surface area contributed by atoms with Gasteiger partial charge in [-0.1, -0.05) is 0 Å². The maximum Gasteiger partial charge on any atom is 0.235 e. The molecule has 0 saturated carbocycles. The van der Waals surface area contributed by atoms with E-state index in [9.17, 15) is 9.59 Å². The fraction of sp³-hybridized carbons (Fsp3) is 0.667. The Bertz CT molecular complexity index is 171. The van der Waals surface area contributed by atoms with Crippen LogP contribution in [-0.4, -0.2) is 30.9 Å². The molecular weight excluding hydrogens is 160 g/mol. The predicted octanol–water partition coefficient (Wildman–Crippen LogP) is -2.74. The van der Waals surface area contributed by atoms with Gasteiger partial charge in [0.25, 0.3) is 0 Å². The van der Waals surface area contributed by atoms with Crippen molar-refractivity contribution < 1.29 is 9.59 Å². The zero-order chi connectivity index (χ0) is 9.56. The molecule has 0 aromatic carbocycles. The van der Waals surface area contributed by atoms with Gasteiger partial charge >= 0.3 is 0 Å². The van der Waals surface area contributed by atoms with Crippen LogP contribution in [0.2, 0.25) is 0 Å². The first-order valence-corrected chi connectivity index (χ1v) is 3.58. The fourth-order valence-corrected chi connectivity index (χ4v) is 0.570. The third kappa shape index (κ3) is 5.63. The molecule has 0 aliphatic heterocycles. The van der Waals surface area contributed by atoms with Gasteiger partial charge in [0.15, 0.2) is 0 Å². The quantitative estimate of drug-likeness (QED) is 0.326. The largest absolute Gasteiger partial charge is 0.370 e. The van der Waals surface area contributed by atoms with E-state index in [1.54, 1.807) is 0 Å². The Balaban J connectivity index is 3.31. The van der Waals surface area contributed by atoms with Crippen molar-refractivity contribution in [2.45, 2.75) is 12.5 Å². The highest BCUT2D eigenvalue weighted by Crippen LogP contribution is 1.75. The Morgan fingerprint density at radius 3 is 2.33 bits per heavy atom. The summed E-state index contributed by atoms with van der Waals surface area (Å²) >= 11 is 0. The number of hydrogen-bond acceptors (Lipinski definition) is 4. The molecule has 12 heavy (non-hydrogen) atoms. The van der Waals surface area contributed by atoms with Gasteiger partial charge in [-0.3, -0.25) is 9.59 Å². The number of carbonyl (C=O) groups is 2. The highest BCUT2D eigenvalue weighted by atomic mass is 16.1. The van der Waals surface area contributed by atoms with Gasteiger partial charge in [0.05, 0.1) is 6.04 Å². The molecule has 0 aromatic rings. The van der Waals surface area contributed by atoms with E-state index in [0.29, 0.717) is 6.54 Å². The summed E-state index contributed by atoms with van der Waals surface area (Å²) in [5, 5.41) is 2.77. The first-order chi connectivity index (χ1) is 5.54. The number of hydrogen-bond donors (Lipinski definition) is 4. The van der Waals surface area contributed by atoms with Crippen LogP contribution in [-0.2, 0) is 9.59 Å². The summed E-state index contributed by atoms with van der Waals surface area (Å²) in [6, 6.07) is -0.710. The molecule has 0 aliphatic carbocycles. The maximum absolute atomic E-state index is 10.4. The minimum absolute atomic E-state index is 0.228. The Kier molecular flexibility index (Phi) is 4.98. The molecule has 0 rings (SSSR count). The number of nitrogens with two attached hydrogens (primary N) is 3. The maximum atomic E-state index is 10.4. The minimum atomic E-state index is -0.710. The van der Waals surface area contributed by atoms with Crippen LogP contribution in [0.15, 0.2) is 0 Å². The van der Waals surface area contributed by atoms with Crippen LogP contribution in [0.3, 0.4) is 0 Å². The van der Waals surface area contributed by atoms with E-state index in [1.165, 1.54) is 0 Å². The monoisotopic (exact) mass is 174 g/mol. The summed E-state index contributed by atoms with van der Waals surface area (Å²) in [4.78, 5) is 20.6. The molecule has 0 saturated heterocycles. The van der Waals surface area contributed by atoms with Gasteiger partial charge in [-0.25, -0.2) is 0 Å². The van der Waals surface area contributed by atoms with E-state index >= 15 is 0 Å². The molecule has 0 bridgehead atoms. The van der Waals surface area contributed by atoms with Crippen molar-refractivity contribution in [1.29, 1.82) is 0 Å². The lowest BCUT2D eigenvalue weighted by molar-refractivity contribution is -0.119. The lowest BCUT2D eigenvalue weighted by Crippen LogP contribution is -2.44. The second kappa shape index (κ2) is 5.50. The first kappa shape index (κ1) is 10.9. The van der Waals surface area contributed by atoms with Crippen LogP contribution in [0.1, 0.15) is 6.42 Å². The van der Waals surface area contributed by atoms with Crippen molar-refractivity contribution in [3.63, 3.8) is 0 Å². The number of nitrogens with one attached hydrogen (secondary N) is 1. The van der Waals surface area contributed by atoms with Gasteiger partial charge in [0.1, 0.15) is 0 Å². The summed E-state index contributed by atoms with van der Waals surface area (Å²) in [5.74, 6) is -0.961. The Morgan fingerprint density at radius 1 is 1.33 bits per heavy atom. The molecule has 1 atom stereocenters. The van der Waals surface area contributed by atoms with Crippen molar-refractivity contribution in [2.75, 3.05) is 13.1 Å². The Labute approximate surface area is 70.5 Å². The Morgan fingerprint density at radius 2 is 1.92 bits per heavy atom. The average molecular weight is 174 g/mol. The molecular formula is C6H14N4O2. The third-order valence-electron chi connectivity index (χ3n) is 1.28. The number of primary amides is 2. The smallest absolute Gasteiger partial charge is 0.235 e. The summed E-state index contributed by atoms with van der Waals surface area (Å²) in [7, 11) is 0. The van der Waals surface area contributed by atoms with Crippen LogP contribution >= 0.6 is 0 Å². The lowest BCUT2D eigenvalue weighted by Gasteiger charge is -2.07. The van der Waals surface area contributed by atoms with Crippen LogP contribution < -0.4 is 22.5 Å². The van der Waals surface area contributed by atoms with Crippen LogP contribution in [0.5, 0.6) is 0 Å². The highest BCUT2D eigenvalue weighted by molar-refractivity contribution is 5.79. The lowest BCUT2D eigenvalue weighted by atomic mass is 10.3. The molecule has 7 N–H and O–H groups in total. The van der Waals surface area contributed by atoms with Crippen molar-refractivity contribution in [3.05, 3.63) is 0 Å². The van der Waals surface area contributed by atoms with Crippen molar-refractivity contribution in [2.24, 2.45) is 17.2 Å². The van der Waals surface area contributed by atoms with Gasteiger partial charge in [-0.05, 0) is 0 Å². The molecule has 70 valence electrons. The van der Waals surface area contributed by atoms with E-state index in [-0.39, 0.29) is 13.0 Å². The van der Waals surface area contributed by atoms with Gasteiger partial charge in [0.2, 0.25) is 11.8 Å². The van der Waals surface area contributed by atoms with E-state index in [1.807, 2.05) is 0 Å². The van der Waals surface area contributed by atoms with Gasteiger partial charge in [-0.2, -0.15) is 0 Å². The SMILES string of the molecule is NC(=O)CCNCC(N)C(N)=O. The molecule has 0 heterocycles. The number of carbonyl (C=O) groups excluding carboxylic acids is 2. The molecule has 6 heteroatoms. The zero-order valence-corrected chi connectivity index (χ0v) is 6.75.